The maximum atomic E-state index is 12.1. The molecule has 0 saturated carbocycles. The van der Waals surface area contributed by atoms with Gasteiger partial charge < -0.3 is 19.5 Å². The van der Waals surface area contributed by atoms with Crippen molar-refractivity contribution in [1.82, 2.24) is 5.32 Å². The van der Waals surface area contributed by atoms with Crippen LogP contribution in [0.25, 0.3) is 0 Å². The fourth-order valence-electron chi connectivity index (χ4n) is 2.22. The maximum absolute atomic E-state index is 12.1. The molecular formula is C20H21NO6. The number of ether oxygens (including phenoxy) is 3. The lowest BCUT2D eigenvalue weighted by Crippen LogP contribution is -2.35. The van der Waals surface area contributed by atoms with Crippen LogP contribution in [0.1, 0.15) is 33.2 Å². The topological polar surface area (TPSA) is 90.9 Å². The number of methoxy groups -OCH3 is 2. The molecule has 0 spiro atoms. The lowest BCUT2D eigenvalue weighted by Gasteiger charge is -2.14. The molecule has 0 aliphatic heterocycles. The number of amides is 1. The van der Waals surface area contributed by atoms with Gasteiger partial charge in [-0.1, -0.05) is 12.1 Å². The van der Waals surface area contributed by atoms with Crippen molar-refractivity contribution < 1.29 is 28.6 Å². The van der Waals surface area contributed by atoms with E-state index in [4.69, 9.17) is 9.47 Å². The lowest BCUT2D eigenvalue weighted by molar-refractivity contribution is -0.129. The van der Waals surface area contributed by atoms with Crippen LogP contribution in [0.3, 0.4) is 0 Å². The third-order valence-electron chi connectivity index (χ3n) is 3.82. The fourth-order valence-corrected chi connectivity index (χ4v) is 2.22. The second-order valence-corrected chi connectivity index (χ2v) is 5.68. The highest BCUT2D eigenvalue weighted by molar-refractivity contribution is 5.94. The van der Waals surface area contributed by atoms with Gasteiger partial charge in [-0.15, -0.1) is 0 Å². The van der Waals surface area contributed by atoms with Gasteiger partial charge in [0.25, 0.3) is 5.91 Å². The molecule has 7 heteroatoms. The van der Waals surface area contributed by atoms with Gasteiger partial charge in [-0.05, 0) is 48.9 Å². The normalized spacial score (nSPS) is 11.2. The van der Waals surface area contributed by atoms with Crippen LogP contribution in [0.4, 0.5) is 0 Å². The van der Waals surface area contributed by atoms with Crippen LogP contribution in [0, 0.1) is 0 Å². The molecule has 1 N–H and O–H groups in total. The Bertz CT molecular complexity index is 798. The number of hydrogen-bond acceptors (Lipinski definition) is 6. The summed E-state index contributed by atoms with van der Waals surface area (Å²) in [4.78, 5) is 35.6. The Balaban J connectivity index is 1.87. The van der Waals surface area contributed by atoms with E-state index in [2.05, 4.69) is 10.1 Å². The Morgan fingerprint density at radius 2 is 1.44 bits per heavy atom. The molecule has 2 aromatic rings. The predicted octanol–water partition coefficient (Wildman–Crippen LogP) is 2.34. The first-order valence-corrected chi connectivity index (χ1v) is 8.24. The molecule has 0 bridgehead atoms. The molecule has 7 nitrogen and oxygen atoms in total. The zero-order chi connectivity index (χ0) is 19.8. The van der Waals surface area contributed by atoms with Crippen molar-refractivity contribution in [2.24, 2.45) is 0 Å². The van der Waals surface area contributed by atoms with Gasteiger partial charge in [-0.25, -0.2) is 9.59 Å². The number of nitrogens with one attached hydrogen (secondary N) is 1. The third-order valence-corrected chi connectivity index (χ3v) is 3.82. The van der Waals surface area contributed by atoms with E-state index in [1.807, 2.05) is 12.1 Å². The standard InChI is InChI=1S/C20H21NO6/c1-13(18(22)21-12-14-4-10-17(25-2)11-5-14)27-20(24)16-8-6-15(7-9-16)19(23)26-3/h4-11,13H,12H2,1-3H3,(H,21,22)/t13-/m0/s1. The zero-order valence-electron chi connectivity index (χ0n) is 15.4. The van der Waals surface area contributed by atoms with Gasteiger partial charge in [0, 0.05) is 6.54 Å². The lowest BCUT2D eigenvalue weighted by atomic mass is 10.1. The van der Waals surface area contributed by atoms with Gasteiger partial charge >= 0.3 is 11.9 Å². The molecule has 0 aliphatic carbocycles. The number of esters is 2. The molecule has 1 atom stereocenters. The van der Waals surface area contributed by atoms with Crippen molar-refractivity contribution in [2.75, 3.05) is 14.2 Å². The quantitative estimate of drug-likeness (QED) is 0.752. The summed E-state index contributed by atoms with van der Waals surface area (Å²) in [6.45, 7) is 1.79. The molecule has 142 valence electrons. The minimum atomic E-state index is -0.962. The summed E-state index contributed by atoms with van der Waals surface area (Å²) in [5.41, 5.74) is 1.44. The molecule has 0 saturated heterocycles. The van der Waals surface area contributed by atoms with Crippen molar-refractivity contribution in [3.8, 4) is 5.75 Å². The van der Waals surface area contributed by atoms with Crippen LogP contribution in [-0.2, 0) is 20.8 Å². The summed E-state index contributed by atoms with van der Waals surface area (Å²) >= 11 is 0. The summed E-state index contributed by atoms with van der Waals surface area (Å²) in [6, 6.07) is 13.0. The van der Waals surface area contributed by atoms with Crippen molar-refractivity contribution in [2.45, 2.75) is 19.6 Å². The average Bonchev–Trinajstić information content (AvgIpc) is 2.71. The van der Waals surface area contributed by atoms with Crippen LogP contribution in [0.15, 0.2) is 48.5 Å². The predicted molar refractivity (Wildman–Crippen MR) is 97.5 cm³/mol. The summed E-state index contributed by atoms with van der Waals surface area (Å²) in [7, 11) is 2.85. The van der Waals surface area contributed by atoms with Gasteiger partial charge in [-0.3, -0.25) is 4.79 Å². The number of rotatable bonds is 7. The van der Waals surface area contributed by atoms with E-state index in [0.717, 1.165) is 11.3 Å². The molecule has 1 amide bonds. The summed E-state index contributed by atoms with van der Waals surface area (Å²) < 4.78 is 14.8. The Labute approximate surface area is 157 Å². The summed E-state index contributed by atoms with van der Waals surface area (Å²) in [5, 5.41) is 2.71. The van der Waals surface area contributed by atoms with E-state index in [0.29, 0.717) is 12.1 Å². The molecule has 0 fully saturated rings. The zero-order valence-corrected chi connectivity index (χ0v) is 15.4. The fraction of sp³-hybridized carbons (Fsp3) is 0.250. The first kappa shape index (κ1) is 20.0. The van der Waals surface area contributed by atoms with E-state index < -0.39 is 23.9 Å². The van der Waals surface area contributed by atoms with Crippen LogP contribution in [0.2, 0.25) is 0 Å². The second kappa shape index (κ2) is 9.38. The van der Waals surface area contributed by atoms with Crippen LogP contribution in [-0.4, -0.2) is 38.2 Å². The highest BCUT2D eigenvalue weighted by atomic mass is 16.5. The van der Waals surface area contributed by atoms with E-state index in [9.17, 15) is 14.4 Å². The molecule has 0 aliphatic rings. The highest BCUT2D eigenvalue weighted by Crippen LogP contribution is 2.11. The minimum absolute atomic E-state index is 0.234. The van der Waals surface area contributed by atoms with Gasteiger partial charge in [-0.2, -0.15) is 0 Å². The summed E-state index contributed by atoms with van der Waals surface area (Å²) in [5.74, 6) is -0.837. The largest absolute Gasteiger partial charge is 0.497 e. The van der Waals surface area contributed by atoms with Crippen LogP contribution >= 0.6 is 0 Å². The van der Waals surface area contributed by atoms with Gasteiger partial charge in [0.05, 0.1) is 25.3 Å². The number of carbonyl (C=O) groups is 3. The first-order valence-electron chi connectivity index (χ1n) is 8.24. The Morgan fingerprint density at radius 1 is 0.889 bits per heavy atom. The molecule has 0 radical (unpaired) electrons. The van der Waals surface area contributed by atoms with E-state index in [1.165, 1.54) is 38.3 Å². The van der Waals surface area contributed by atoms with Crippen LogP contribution in [0.5, 0.6) is 5.75 Å². The maximum Gasteiger partial charge on any atom is 0.338 e. The van der Waals surface area contributed by atoms with Crippen molar-refractivity contribution in [3.05, 3.63) is 65.2 Å². The Kier molecular flexibility index (Phi) is 6.93. The van der Waals surface area contributed by atoms with E-state index in [-0.39, 0.29) is 5.56 Å². The van der Waals surface area contributed by atoms with Crippen molar-refractivity contribution >= 4 is 17.8 Å². The Morgan fingerprint density at radius 3 is 1.96 bits per heavy atom. The molecule has 2 aromatic carbocycles. The molecular weight excluding hydrogens is 350 g/mol. The molecule has 0 heterocycles. The first-order chi connectivity index (χ1) is 12.9. The Hall–Kier alpha value is -3.35. The average molecular weight is 371 g/mol. The molecule has 0 aromatic heterocycles. The highest BCUT2D eigenvalue weighted by Gasteiger charge is 2.19. The van der Waals surface area contributed by atoms with Crippen molar-refractivity contribution in [1.29, 1.82) is 0 Å². The molecule has 0 unspecified atom stereocenters. The van der Waals surface area contributed by atoms with Gasteiger partial charge in [0.2, 0.25) is 0 Å². The SMILES string of the molecule is COC(=O)c1ccc(C(=O)O[C@@H](C)C(=O)NCc2ccc(OC)cc2)cc1. The summed E-state index contributed by atoms with van der Waals surface area (Å²) in [6.07, 6.45) is -0.962. The number of benzene rings is 2. The number of hydrogen-bond donors (Lipinski definition) is 1. The minimum Gasteiger partial charge on any atom is -0.497 e. The van der Waals surface area contributed by atoms with Crippen LogP contribution < -0.4 is 10.1 Å². The van der Waals surface area contributed by atoms with Crippen molar-refractivity contribution in [3.63, 3.8) is 0 Å². The second-order valence-electron chi connectivity index (χ2n) is 5.68. The van der Waals surface area contributed by atoms with E-state index >= 15 is 0 Å². The number of carbonyl (C=O) groups excluding carboxylic acids is 3. The molecule has 27 heavy (non-hydrogen) atoms. The smallest absolute Gasteiger partial charge is 0.338 e. The van der Waals surface area contributed by atoms with Gasteiger partial charge in [0.1, 0.15) is 5.75 Å². The monoisotopic (exact) mass is 371 g/mol. The van der Waals surface area contributed by atoms with Gasteiger partial charge in [0.15, 0.2) is 6.10 Å². The van der Waals surface area contributed by atoms with E-state index in [1.54, 1.807) is 19.2 Å². The third kappa shape index (κ3) is 5.57. The molecule has 2 rings (SSSR count).